The van der Waals surface area contributed by atoms with Crippen LogP contribution in [0.4, 0.5) is 0 Å². The highest BCUT2D eigenvalue weighted by molar-refractivity contribution is 5.96. The molecule has 6 heteroatoms. The summed E-state index contributed by atoms with van der Waals surface area (Å²) in [6.45, 7) is 2.33. The van der Waals surface area contributed by atoms with Gasteiger partial charge in [-0.2, -0.15) is 0 Å². The van der Waals surface area contributed by atoms with Crippen molar-refractivity contribution in [2.75, 3.05) is 6.54 Å². The van der Waals surface area contributed by atoms with Crippen LogP contribution in [0.15, 0.2) is 57.7 Å². The second-order valence-corrected chi connectivity index (χ2v) is 6.16. The van der Waals surface area contributed by atoms with Crippen LogP contribution in [0.25, 0.3) is 22.0 Å². The van der Waals surface area contributed by atoms with Crippen LogP contribution < -0.4 is 10.9 Å². The molecule has 0 bridgehead atoms. The monoisotopic (exact) mass is 347 g/mol. The molecule has 0 unspecified atom stereocenters. The molecule has 0 radical (unpaired) electrons. The van der Waals surface area contributed by atoms with Crippen molar-refractivity contribution < 1.29 is 9.21 Å². The van der Waals surface area contributed by atoms with Crippen LogP contribution in [0, 0.1) is 6.92 Å². The number of para-hydroxylation sites is 1. The number of H-pyrrole nitrogens is 1. The van der Waals surface area contributed by atoms with E-state index in [4.69, 9.17) is 4.42 Å². The molecule has 0 saturated heterocycles. The summed E-state index contributed by atoms with van der Waals surface area (Å²) in [6, 6.07) is 14.6. The van der Waals surface area contributed by atoms with E-state index in [0.29, 0.717) is 18.5 Å². The first-order valence-corrected chi connectivity index (χ1v) is 8.36. The van der Waals surface area contributed by atoms with Crippen LogP contribution in [0.5, 0.6) is 0 Å². The molecule has 2 N–H and O–H groups in total. The van der Waals surface area contributed by atoms with E-state index in [0.717, 1.165) is 27.8 Å². The van der Waals surface area contributed by atoms with Crippen LogP contribution in [-0.4, -0.2) is 22.4 Å². The fourth-order valence-electron chi connectivity index (χ4n) is 2.98. The Kier molecular flexibility index (Phi) is 4.01. The van der Waals surface area contributed by atoms with Crippen molar-refractivity contribution in [2.24, 2.45) is 0 Å². The summed E-state index contributed by atoms with van der Waals surface area (Å²) in [7, 11) is 0. The largest absolute Gasteiger partial charge is 0.422 e. The van der Waals surface area contributed by atoms with Gasteiger partial charge in [0, 0.05) is 11.9 Å². The number of nitrogens with one attached hydrogen (secondary N) is 2. The van der Waals surface area contributed by atoms with Crippen molar-refractivity contribution in [3.8, 4) is 0 Å². The molecule has 4 aromatic rings. The molecular formula is C20H17N3O3. The topological polar surface area (TPSA) is 88.0 Å². The van der Waals surface area contributed by atoms with Crippen LogP contribution >= 0.6 is 0 Å². The van der Waals surface area contributed by atoms with Gasteiger partial charge in [0.05, 0.1) is 11.0 Å². The van der Waals surface area contributed by atoms with Crippen molar-refractivity contribution in [2.45, 2.75) is 13.3 Å². The highest BCUT2D eigenvalue weighted by Crippen LogP contribution is 2.14. The molecule has 0 fully saturated rings. The van der Waals surface area contributed by atoms with Gasteiger partial charge in [-0.3, -0.25) is 4.79 Å². The minimum atomic E-state index is -0.629. The summed E-state index contributed by atoms with van der Waals surface area (Å²) >= 11 is 0. The number of nitrogens with zero attached hydrogens (tertiary/aromatic N) is 1. The molecule has 0 aliphatic carbocycles. The Balaban J connectivity index is 1.46. The summed E-state index contributed by atoms with van der Waals surface area (Å²) < 4.78 is 5.20. The number of rotatable bonds is 4. The predicted molar refractivity (Wildman–Crippen MR) is 99.4 cm³/mol. The average Bonchev–Trinajstić information content (AvgIpc) is 3.00. The lowest BCUT2D eigenvalue weighted by atomic mass is 10.1. The number of hydrogen-bond donors (Lipinski definition) is 2. The maximum absolute atomic E-state index is 12.3. The van der Waals surface area contributed by atoms with E-state index in [1.165, 1.54) is 0 Å². The molecule has 0 spiro atoms. The van der Waals surface area contributed by atoms with Crippen molar-refractivity contribution in [3.63, 3.8) is 0 Å². The third kappa shape index (κ3) is 3.09. The quantitative estimate of drug-likeness (QED) is 0.556. The molecule has 26 heavy (non-hydrogen) atoms. The number of aromatic amines is 1. The Bertz CT molecular complexity index is 1170. The number of imidazole rings is 1. The number of hydrogen-bond acceptors (Lipinski definition) is 4. The number of fused-ring (bicyclic) bond motifs is 2. The maximum Gasteiger partial charge on any atom is 0.349 e. The normalized spacial score (nSPS) is 11.1. The van der Waals surface area contributed by atoms with Crippen LogP contribution in [-0.2, 0) is 6.42 Å². The fourth-order valence-corrected chi connectivity index (χ4v) is 2.98. The number of amides is 1. The van der Waals surface area contributed by atoms with Gasteiger partial charge in [-0.05, 0) is 43.2 Å². The molecule has 2 aromatic heterocycles. The lowest BCUT2D eigenvalue weighted by Gasteiger charge is -2.06. The number of aromatic nitrogens is 2. The van der Waals surface area contributed by atoms with Gasteiger partial charge in [0.2, 0.25) is 0 Å². The summed E-state index contributed by atoms with van der Waals surface area (Å²) in [4.78, 5) is 31.9. The second kappa shape index (κ2) is 6.48. The van der Waals surface area contributed by atoms with Gasteiger partial charge >= 0.3 is 5.63 Å². The molecule has 6 nitrogen and oxygen atoms in total. The first-order valence-electron chi connectivity index (χ1n) is 8.36. The predicted octanol–water partition coefficient (Wildman–Crippen LogP) is 2.95. The van der Waals surface area contributed by atoms with E-state index >= 15 is 0 Å². The van der Waals surface area contributed by atoms with E-state index in [9.17, 15) is 9.59 Å². The number of benzene rings is 2. The fraction of sp³-hybridized carbons (Fsp3) is 0.150. The Labute approximate surface area is 148 Å². The van der Waals surface area contributed by atoms with E-state index in [1.807, 2.05) is 31.2 Å². The van der Waals surface area contributed by atoms with E-state index in [-0.39, 0.29) is 5.56 Å². The smallest absolute Gasteiger partial charge is 0.349 e. The zero-order valence-corrected chi connectivity index (χ0v) is 14.2. The van der Waals surface area contributed by atoms with Gasteiger partial charge in [-0.1, -0.05) is 24.3 Å². The van der Waals surface area contributed by atoms with Gasteiger partial charge in [-0.25, -0.2) is 9.78 Å². The average molecular weight is 347 g/mol. The van der Waals surface area contributed by atoms with E-state index in [1.54, 1.807) is 24.3 Å². The lowest BCUT2D eigenvalue weighted by Crippen LogP contribution is -2.29. The van der Waals surface area contributed by atoms with Gasteiger partial charge in [0.1, 0.15) is 17.0 Å². The van der Waals surface area contributed by atoms with Crippen LogP contribution in [0.3, 0.4) is 0 Å². The number of aryl methyl sites for hydroxylation is 1. The molecule has 2 aromatic carbocycles. The maximum atomic E-state index is 12.3. The van der Waals surface area contributed by atoms with Crippen LogP contribution in [0.2, 0.25) is 0 Å². The molecular weight excluding hydrogens is 330 g/mol. The summed E-state index contributed by atoms with van der Waals surface area (Å²) in [6.07, 6.45) is 0.651. The van der Waals surface area contributed by atoms with E-state index < -0.39 is 11.5 Å². The Morgan fingerprint density at radius 2 is 2.04 bits per heavy atom. The lowest BCUT2D eigenvalue weighted by molar-refractivity contribution is 0.0950. The minimum Gasteiger partial charge on any atom is -0.422 e. The van der Waals surface area contributed by atoms with Crippen molar-refractivity contribution in [1.29, 1.82) is 0 Å². The zero-order valence-electron chi connectivity index (χ0n) is 14.2. The van der Waals surface area contributed by atoms with Crippen molar-refractivity contribution >= 4 is 27.9 Å². The minimum absolute atomic E-state index is 0.0170. The molecule has 4 rings (SSSR count). The van der Waals surface area contributed by atoms with Crippen molar-refractivity contribution in [1.82, 2.24) is 15.3 Å². The second-order valence-electron chi connectivity index (χ2n) is 6.16. The molecule has 0 aliphatic heterocycles. The molecule has 0 aliphatic rings. The molecule has 0 atom stereocenters. The number of carbonyl (C=O) groups excluding carboxylic acids is 1. The van der Waals surface area contributed by atoms with Gasteiger partial charge < -0.3 is 14.7 Å². The van der Waals surface area contributed by atoms with Gasteiger partial charge in [-0.15, -0.1) is 0 Å². The SMILES string of the molecule is Cc1nc2ccc(CCNC(=O)c3cc4ccccc4oc3=O)cc2[nH]1. The summed E-state index contributed by atoms with van der Waals surface area (Å²) in [5.41, 5.74) is 2.83. The Morgan fingerprint density at radius 3 is 2.92 bits per heavy atom. The van der Waals surface area contributed by atoms with Crippen molar-refractivity contribution in [3.05, 3.63) is 75.9 Å². The highest BCUT2D eigenvalue weighted by atomic mass is 16.4. The molecule has 2 heterocycles. The number of carbonyl (C=O) groups is 1. The third-order valence-corrected chi connectivity index (χ3v) is 4.25. The van der Waals surface area contributed by atoms with Gasteiger partial charge in [0.25, 0.3) is 5.91 Å². The standard InChI is InChI=1S/C20H17N3O3/c1-12-22-16-7-6-13(10-17(16)23-12)8-9-21-19(24)15-11-14-4-2-3-5-18(14)26-20(15)25/h2-7,10-11H,8-9H2,1H3,(H,21,24)(H,22,23). The Hall–Kier alpha value is -3.41. The Morgan fingerprint density at radius 1 is 1.19 bits per heavy atom. The third-order valence-electron chi connectivity index (χ3n) is 4.25. The first kappa shape index (κ1) is 16.1. The molecule has 130 valence electrons. The molecule has 1 amide bonds. The highest BCUT2D eigenvalue weighted by Gasteiger charge is 2.13. The van der Waals surface area contributed by atoms with Crippen LogP contribution in [0.1, 0.15) is 21.7 Å². The van der Waals surface area contributed by atoms with Gasteiger partial charge in [0.15, 0.2) is 0 Å². The summed E-state index contributed by atoms with van der Waals surface area (Å²) in [5, 5.41) is 3.50. The first-order chi connectivity index (χ1) is 12.6. The zero-order chi connectivity index (χ0) is 18.1. The molecule has 0 saturated carbocycles. The summed E-state index contributed by atoms with van der Waals surface area (Å²) in [5.74, 6) is 0.441. The van der Waals surface area contributed by atoms with E-state index in [2.05, 4.69) is 15.3 Å².